The van der Waals surface area contributed by atoms with Crippen molar-refractivity contribution in [3.05, 3.63) is 81.9 Å². The molecule has 0 fully saturated rings. The summed E-state index contributed by atoms with van der Waals surface area (Å²) in [5.41, 5.74) is 7.04. The topological polar surface area (TPSA) is 145 Å². The van der Waals surface area contributed by atoms with Crippen LogP contribution in [0.4, 0.5) is 11.4 Å². The van der Waals surface area contributed by atoms with Crippen LogP contribution in [-0.2, 0) is 39.2 Å². The molecule has 0 aromatic heterocycles. The van der Waals surface area contributed by atoms with Crippen LogP contribution in [0.5, 0.6) is 11.5 Å². The Balaban J connectivity index is 0.00000158. The monoisotopic (exact) mass is 605 g/mol. The summed E-state index contributed by atoms with van der Waals surface area (Å²) in [5, 5.41) is 38.6. The maximum absolute atomic E-state index is 10.4. The second-order valence-corrected chi connectivity index (χ2v) is 9.22. The first-order valence-electron chi connectivity index (χ1n) is 13.1. The van der Waals surface area contributed by atoms with Gasteiger partial charge >= 0.3 is 16.8 Å². The minimum Gasteiger partial charge on any atom is -0.550 e. The first-order chi connectivity index (χ1) is 18.9. The molecule has 0 aliphatic heterocycles. The van der Waals surface area contributed by atoms with Gasteiger partial charge < -0.3 is 30.0 Å². The van der Waals surface area contributed by atoms with Gasteiger partial charge in [-0.2, -0.15) is 0 Å². The van der Waals surface area contributed by atoms with Crippen LogP contribution in [0.2, 0.25) is 0 Å². The Labute approximate surface area is 252 Å². The van der Waals surface area contributed by atoms with Crippen LogP contribution in [0.15, 0.2) is 58.5 Å². The summed E-state index contributed by atoms with van der Waals surface area (Å²) in [5.74, 6) is -1.64. The van der Waals surface area contributed by atoms with E-state index in [-0.39, 0.29) is 28.3 Å². The zero-order valence-corrected chi connectivity index (χ0v) is 25.4. The molecule has 0 unspecified atom stereocenters. The van der Waals surface area contributed by atoms with E-state index in [1.54, 1.807) is 12.4 Å². The van der Waals surface area contributed by atoms with Gasteiger partial charge in [-0.3, -0.25) is 9.98 Å². The van der Waals surface area contributed by atoms with E-state index in [9.17, 15) is 10.2 Å². The fraction of sp³-hybridized carbons (Fsp3) is 0.312. The maximum Gasteiger partial charge on any atom is 2.00 e. The van der Waals surface area contributed by atoms with Crippen molar-refractivity contribution in [2.75, 3.05) is 0 Å². The zero-order valence-electron chi connectivity index (χ0n) is 24.4. The van der Waals surface area contributed by atoms with E-state index in [2.05, 4.69) is 23.8 Å². The molecule has 0 saturated heterocycles. The Bertz CT molecular complexity index is 1250. The number of carboxylic acids is 2. The van der Waals surface area contributed by atoms with Gasteiger partial charge in [0.05, 0.1) is 11.4 Å². The van der Waals surface area contributed by atoms with Crippen LogP contribution in [-0.4, -0.2) is 34.6 Å². The standard InChI is InChI=1S/C28H32N2O2.2C2H4O2.Co/c1-5-8-21-12-19(3)27(31)23(14-21)17-29-25-10-7-11-26(16-25)30-18-24-15-22(9-6-2)13-20(4)28(24)32;2*1-2(3)4;/h7,10-18,31-32H,5-6,8-9H2,1-4H3;2*1H3,(H,3,4);/q;;;+2/p-2. The van der Waals surface area contributed by atoms with Gasteiger partial charge in [0.2, 0.25) is 0 Å². The number of carbonyl (C=O) groups is 2. The predicted molar refractivity (Wildman–Crippen MR) is 156 cm³/mol. The van der Waals surface area contributed by atoms with Crippen molar-refractivity contribution in [1.29, 1.82) is 0 Å². The molecule has 2 N–H and O–H groups in total. The van der Waals surface area contributed by atoms with Crippen molar-refractivity contribution >= 4 is 35.7 Å². The van der Waals surface area contributed by atoms with Gasteiger partial charge in [0.15, 0.2) is 0 Å². The quantitative estimate of drug-likeness (QED) is 0.358. The second kappa shape index (κ2) is 19.2. The fourth-order valence-corrected chi connectivity index (χ4v) is 3.77. The summed E-state index contributed by atoms with van der Waals surface area (Å²) < 4.78 is 0. The molecule has 0 heterocycles. The van der Waals surface area contributed by atoms with E-state index in [0.29, 0.717) is 0 Å². The van der Waals surface area contributed by atoms with E-state index < -0.39 is 11.9 Å². The van der Waals surface area contributed by atoms with Crippen molar-refractivity contribution in [2.45, 2.75) is 67.2 Å². The number of benzene rings is 3. The average molecular weight is 606 g/mol. The van der Waals surface area contributed by atoms with Gasteiger partial charge in [0.1, 0.15) is 11.5 Å². The molecule has 3 aromatic rings. The van der Waals surface area contributed by atoms with Crippen LogP contribution in [0, 0.1) is 13.8 Å². The number of carbonyl (C=O) groups excluding carboxylic acids is 2. The van der Waals surface area contributed by atoms with Gasteiger partial charge in [-0.25, -0.2) is 0 Å². The largest absolute Gasteiger partial charge is 2.00 e. The fourth-order valence-electron chi connectivity index (χ4n) is 3.77. The van der Waals surface area contributed by atoms with Gasteiger partial charge in [0, 0.05) is 35.5 Å². The third kappa shape index (κ3) is 14.3. The molecule has 0 spiro atoms. The molecular weight excluding hydrogens is 567 g/mol. The van der Waals surface area contributed by atoms with E-state index >= 15 is 0 Å². The zero-order chi connectivity index (χ0) is 30.2. The number of rotatable bonds is 8. The van der Waals surface area contributed by atoms with Crippen LogP contribution >= 0.6 is 0 Å². The van der Waals surface area contributed by atoms with Crippen molar-refractivity contribution in [1.82, 2.24) is 0 Å². The normalized spacial score (nSPS) is 10.3. The van der Waals surface area contributed by atoms with Gasteiger partial charge in [-0.1, -0.05) is 44.9 Å². The van der Waals surface area contributed by atoms with E-state index in [1.807, 2.05) is 62.4 Å². The molecule has 0 bridgehead atoms. The number of hydrogen-bond donors (Lipinski definition) is 2. The third-order valence-electron chi connectivity index (χ3n) is 5.39. The summed E-state index contributed by atoms with van der Waals surface area (Å²) >= 11 is 0. The number of phenols is 2. The van der Waals surface area contributed by atoms with Crippen molar-refractivity contribution in [3.8, 4) is 11.5 Å². The molecule has 8 nitrogen and oxygen atoms in total. The molecule has 0 aliphatic rings. The Kier molecular flexibility index (Phi) is 17.3. The van der Waals surface area contributed by atoms with Gasteiger partial charge in [0.25, 0.3) is 0 Å². The molecule has 221 valence electrons. The molecule has 0 amide bonds. The van der Waals surface area contributed by atoms with E-state index in [0.717, 1.165) is 73.2 Å². The third-order valence-corrected chi connectivity index (χ3v) is 5.39. The number of aliphatic carboxylic acids is 2. The summed E-state index contributed by atoms with van der Waals surface area (Å²) in [6.07, 6.45) is 7.45. The van der Waals surface area contributed by atoms with Gasteiger partial charge in [-0.05, 0) is 93.1 Å². The van der Waals surface area contributed by atoms with Gasteiger partial charge in [-0.15, -0.1) is 0 Å². The predicted octanol–water partition coefficient (Wildman–Crippen LogP) is 4.63. The van der Waals surface area contributed by atoms with Crippen LogP contribution in [0.25, 0.3) is 0 Å². The Morgan fingerprint density at radius 2 is 1.07 bits per heavy atom. The van der Waals surface area contributed by atoms with Crippen molar-refractivity contribution in [3.63, 3.8) is 0 Å². The Morgan fingerprint density at radius 3 is 1.39 bits per heavy atom. The second-order valence-electron chi connectivity index (χ2n) is 9.22. The first-order valence-corrected chi connectivity index (χ1v) is 13.1. The minimum absolute atomic E-state index is 0. The molecular formula is C32H38CoN2O6. The molecule has 0 saturated carbocycles. The molecule has 0 atom stereocenters. The van der Waals surface area contributed by atoms with Crippen LogP contribution in [0.3, 0.4) is 0 Å². The number of hydrogen-bond acceptors (Lipinski definition) is 8. The average Bonchev–Trinajstić information content (AvgIpc) is 2.86. The summed E-state index contributed by atoms with van der Waals surface area (Å²) in [6, 6.07) is 15.6. The van der Waals surface area contributed by atoms with E-state index in [4.69, 9.17) is 19.8 Å². The summed E-state index contributed by atoms with van der Waals surface area (Å²) in [6.45, 7) is 10.0. The van der Waals surface area contributed by atoms with Crippen LogP contribution < -0.4 is 10.2 Å². The van der Waals surface area contributed by atoms with E-state index in [1.165, 1.54) is 11.1 Å². The Morgan fingerprint density at radius 1 is 0.732 bits per heavy atom. The first kappa shape index (κ1) is 37.0. The van der Waals surface area contributed by atoms with Crippen molar-refractivity contribution < 1.29 is 46.8 Å². The molecule has 9 heteroatoms. The molecule has 3 rings (SSSR count). The number of nitrogens with zero attached hydrogens (tertiary/aromatic N) is 2. The number of aliphatic imine (C=N–C) groups is 2. The molecule has 3 aromatic carbocycles. The Hall–Kier alpha value is -3.95. The molecule has 0 aliphatic carbocycles. The number of aromatic hydroxyl groups is 2. The SMILES string of the molecule is CC(=O)[O-].CC(=O)[O-].CCCc1cc(C)c(O)c(C=Nc2cccc(N=Cc3cc(CCC)cc(C)c3O)c2)c1.[Co+2]. The molecule has 1 radical (unpaired) electrons. The maximum atomic E-state index is 10.4. The summed E-state index contributed by atoms with van der Waals surface area (Å²) in [7, 11) is 0. The molecule has 41 heavy (non-hydrogen) atoms. The van der Waals surface area contributed by atoms with Crippen molar-refractivity contribution in [2.24, 2.45) is 9.98 Å². The van der Waals surface area contributed by atoms with Crippen LogP contribution in [0.1, 0.15) is 73.9 Å². The number of aryl methyl sites for hydroxylation is 4. The number of carboxylic acid groups (broad SMARTS) is 2. The number of phenolic OH excluding ortho intramolecular Hbond substituents is 2. The smallest absolute Gasteiger partial charge is 0.550 e. The summed E-state index contributed by atoms with van der Waals surface area (Å²) in [4.78, 5) is 26.9. The minimum atomic E-state index is -1.08.